The summed E-state index contributed by atoms with van der Waals surface area (Å²) in [7, 11) is 0. The zero-order valence-electron chi connectivity index (χ0n) is 15.7. The van der Waals surface area contributed by atoms with Crippen LogP contribution in [0.4, 0.5) is 0 Å². The Hall–Kier alpha value is -3.53. The number of para-hydroxylation sites is 2. The molecule has 0 aliphatic carbocycles. The van der Waals surface area contributed by atoms with Gasteiger partial charge in [0.2, 0.25) is 0 Å². The number of rotatable bonds is 6. The van der Waals surface area contributed by atoms with E-state index in [1.807, 2.05) is 85.9 Å². The minimum absolute atomic E-state index is 0.293. The van der Waals surface area contributed by atoms with Gasteiger partial charge in [0.15, 0.2) is 0 Å². The van der Waals surface area contributed by atoms with E-state index < -0.39 is 0 Å². The summed E-state index contributed by atoms with van der Waals surface area (Å²) in [5.41, 5.74) is 2.68. The van der Waals surface area contributed by atoms with Gasteiger partial charge in [-0.05, 0) is 42.8 Å². The topological polar surface area (TPSA) is 40.5 Å². The van der Waals surface area contributed by atoms with E-state index in [9.17, 15) is 4.79 Å². The van der Waals surface area contributed by atoms with Crippen LogP contribution in [0, 0.1) is 0 Å². The third-order valence-electron chi connectivity index (χ3n) is 4.51. The van der Waals surface area contributed by atoms with Gasteiger partial charge in [-0.1, -0.05) is 48.5 Å². The number of aromatic nitrogens is 1. The number of ether oxygens (including phenoxy) is 2. The van der Waals surface area contributed by atoms with E-state index in [0.29, 0.717) is 18.7 Å². The Bertz CT molecular complexity index is 1100. The molecule has 0 amide bonds. The first kappa shape index (κ1) is 17.9. The van der Waals surface area contributed by atoms with Gasteiger partial charge in [0.25, 0.3) is 0 Å². The molecule has 0 saturated carbocycles. The summed E-state index contributed by atoms with van der Waals surface area (Å²) in [5, 5.41) is 0.901. The zero-order valence-corrected chi connectivity index (χ0v) is 15.7. The molecule has 0 fully saturated rings. The summed E-state index contributed by atoms with van der Waals surface area (Å²) in [6.07, 6.45) is 1.87. The number of fused-ring (bicyclic) bond motifs is 1. The fourth-order valence-electron chi connectivity index (χ4n) is 3.28. The van der Waals surface area contributed by atoms with Gasteiger partial charge in [0.05, 0.1) is 12.2 Å². The van der Waals surface area contributed by atoms with Gasteiger partial charge in [-0.3, -0.25) is 0 Å². The molecule has 0 atom stereocenters. The Labute approximate surface area is 163 Å². The van der Waals surface area contributed by atoms with E-state index in [-0.39, 0.29) is 5.97 Å². The van der Waals surface area contributed by atoms with Crippen LogP contribution >= 0.6 is 0 Å². The summed E-state index contributed by atoms with van der Waals surface area (Å²) < 4.78 is 13.2. The third kappa shape index (κ3) is 3.76. The van der Waals surface area contributed by atoms with Crippen molar-refractivity contribution in [2.24, 2.45) is 0 Å². The summed E-state index contributed by atoms with van der Waals surface area (Å²) >= 11 is 0. The van der Waals surface area contributed by atoms with Gasteiger partial charge < -0.3 is 14.0 Å². The molecule has 4 heteroatoms. The Balaban J connectivity index is 1.63. The molecule has 28 heavy (non-hydrogen) atoms. The second-order valence-corrected chi connectivity index (χ2v) is 6.47. The highest BCUT2D eigenvalue weighted by atomic mass is 16.5. The van der Waals surface area contributed by atoms with Crippen molar-refractivity contribution in [1.82, 2.24) is 4.57 Å². The van der Waals surface area contributed by atoms with E-state index in [0.717, 1.165) is 28.0 Å². The van der Waals surface area contributed by atoms with E-state index in [2.05, 4.69) is 10.6 Å². The SMILES string of the molecule is CCOC(=O)c1cn(Cc2cccc(Oc3ccccc3)c2)c2ccccc12. The van der Waals surface area contributed by atoms with Crippen LogP contribution in [0.3, 0.4) is 0 Å². The molecule has 4 aromatic rings. The van der Waals surface area contributed by atoms with Gasteiger partial charge in [-0.25, -0.2) is 4.79 Å². The van der Waals surface area contributed by atoms with Gasteiger partial charge in [0.1, 0.15) is 11.5 Å². The minimum atomic E-state index is -0.293. The fourth-order valence-corrected chi connectivity index (χ4v) is 3.28. The van der Waals surface area contributed by atoms with Crippen molar-refractivity contribution in [2.45, 2.75) is 13.5 Å². The molecule has 4 rings (SSSR count). The summed E-state index contributed by atoms with van der Waals surface area (Å²) in [6.45, 7) is 2.80. The molecule has 3 aromatic carbocycles. The van der Waals surface area contributed by atoms with Gasteiger partial charge >= 0.3 is 5.97 Å². The maximum Gasteiger partial charge on any atom is 0.340 e. The van der Waals surface area contributed by atoms with Crippen molar-refractivity contribution in [3.63, 3.8) is 0 Å². The van der Waals surface area contributed by atoms with E-state index in [4.69, 9.17) is 9.47 Å². The normalized spacial score (nSPS) is 10.8. The third-order valence-corrected chi connectivity index (χ3v) is 4.51. The van der Waals surface area contributed by atoms with Crippen molar-refractivity contribution >= 4 is 16.9 Å². The molecule has 4 nitrogen and oxygen atoms in total. The summed E-state index contributed by atoms with van der Waals surface area (Å²) in [6, 6.07) is 25.6. The number of carbonyl (C=O) groups is 1. The molecule has 0 radical (unpaired) electrons. The molecule has 0 saturated heterocycles. The van der Waals surface area contributed by atoms with Crippen LogP contribution in [0.1, 0.15) is 22.8 Å². The van der Waals surface area contributed by atoms with Gasteiger partial charge in [-0.15, -0.1) is 0 Å². The molecular weight excluding hydrogens is 350 g/mol. The van der Waals surface area contributed by atoms with Crippen LogP contribution in [-0.4, -0.2) is 17.1 Å². The van der Waals surface area contributed by atoms with Crippen LogP contribution in [0.15, 0.2) is 85.1 Å². The largest absolute Gasteiger partial charge is 0.462 e. The lowest BCUT2D eigenvalue weighted by Gasteiger charge is -2.09. The van der Waals surface area contributed by atoms with Crippen molar-refractivity contribution in [3.05, 3.63) is 96.2 Å². The van der Waals surface area contributed by atoms with Crippen molar-refractivity contribution in [1.29, 1.82) is 0 Å². The predicted octanol–water partition coefficient (Wildman–Crippen LogP) is 5.66. The number of nitrogens with zero attached hydrogens (tertiary/aromatic N) is 1. The molecule has 0 unspecified atom stereocenters. The Morgan fingerprint density at radius 2 is 1.64 bits per heavy atom. The lowest BCUT2D eigenvalue weighted by atomic mass is 10.2. The molecule has 0 bridgehead atoms. The highest BCUT2D eigenvalue weighted by Gasteiger charge is 2.16. The monoisotopic (exact) mass is 371 g/mol. The average Bonchev–Trinajstić information content (AvgIpc) is 3.08. The van der Waals surface area contributed by atoms with Crippen LogP contribution in [0.5, 0.6) is 11.5 Å². The maximum atomic E-state index is 12.3. The van der Waals surface area contributed by atoms with E-state index in [1.165, 1.54) is 0 Å². The van der Waals surface area contributed by atoms with Crippen LogP contribution < -0.4 is 4.74 Å². The molecule has 1 aromatic heterocycles. The molecule has 0 spiro atoms. The van der Waals surface area contributed by atoms with E-state index in [1.54, 1.807) is 0 Å². The highest BCUT2D eigenvalue weighted by molar-refractivity contribution is 6.04. The Morgan fingerprint density at radius 1 is 0.893 bits per heavy atom. The van der Waals surface area contributed by atoms with Crippen molar-refractivity contribution in [3.8, 4) is 11.5 Å². The summed E-state index contributed by atoms with van der Waals surface area (Å²) in [4.78, 5) is 12.3. The quantitative estimate of drug-likeness (QED) is 0.411. The van der Waals surface area contributed by atoms with E-state index >= 15 is 0 Å². The average molecular weight is 371 g/mol. The fraction of sp³-hybridized carbons (Fsp3) is 0.125. The van der Waals surface area contributed by atoms with Gasteiger partial charge in [-0.2, -0.15) is 0 Å². The van der Waals surface area contributed by atoms with Crippen molar-refractivity contribution in [2.75, 3.05) is 6.61 Å². The smallest absolute Gasteiger partial charge is 0.340 e. The van der Waals surface area contributed by atoms with Gasteiger partial charge in [0, 0.05) is 23.6 Å². The lowest BCUT2D eigenvalue weighted by molar-refractivity contribution is 0.0528. The second kappa shape index (κ2) is 8.01. The molecule has 0 aliphatic heterocycles. The number of benzene rings is 3. The van der Waals surface area contributed by atoms with Crippen LogP contribution in [0.25, 0.3) is 10.9 Å². The van der Waals surface area contributed by atoms with Crippen LogP contribution in [0.2, 0.25) is 0 Å². The lowest BCUT2D eigenvalue weighted by Crippen LogP contribution is -2.04. The Kier molecular flexibility index (Phi) is 5.11. The first-order chi connectivity index (χ1) is 13.7. The number of hydrogen-bond acceptors (Lipinski definition) is 3. The maximum absolute atomic E-state index is 12.3. The molecule has 0 aliphatic rings. The molecular formula is C24H21NO3. The van der Waals surface area contributed by atoms with Crippen LogP contribution in [-0.2, 0) is 11.3 Å². The first-order valence-corrected chi connectivity index (χ1v) is 9.31. The molecule has 1 heterocycles. The minimum Gasteiger partial charge on any atom is -0.462 e. The highest BCUT2D eigenvalue weighted by Crippen LogP contribution is 2.25. The molecule has 140 valence electrons. The Morgan fingerprint density at radius 3 is 2.46 bits per heavy atom. The first-order valence-electron chi connectivity index (χ1n) is 9.31. The number of carbonyl (C=O) groups excluding carboxylic acids is 1. The second-order valence-electron chi connectivity index (χ2n) is 6.47. The predicted molar refractivity (Wildman–Crippen MR) is 110 cm³/mol. The standard InChI is InChI=1S/C24H21NO3/c1-2-27-24(26)22-17-25(23-14-7-6-13-21(22)23)16-18-9-8-12-20(15-18)28-19-10-4-3-5-11-19/h3-15,17H,2,16H2,1H3. The summed E-state index contributed by atoms with van der Waals surface area (Å²) in [5.74, 6) is 1.29. The van der Waals surface area contributed by atoms with Crippen molar-refractivity contribution < 1.29 is 14.3 Å². The number of esters is 1. The molecule has 0 N–H and O–H groups in total. The number of hydrogen-bond donors (Lipinski definition) is 0. The zero-order chi connectivity index (χ0) is 19.3.